The number of nitrogens with zero attached hydrogens (tertiary/aromatic N) is 5. The lowest BCUT2D eigenvalue weighted by atomic mass is 10.2. The van der Waals surface area contributed by atoms with Crippen molar-refractivity contribution in [1.82, 2.24) is 14.8 Å². The van der Waals surface area contributed by atoms with Crippen molar-refractivity contribution in [3.8, 4) is 5.69 Å². The first-order chi connectivity index (χ1) is 13.4. The van der Waals surface area contributed by atoms with E-state index < -0.39 is 11.9 Å². The number of thiazole rings is 1. The normalized spacial score (nSPS) is 14.6. The Kier molecular flexibility index (Phi) is 4.71. The van der Waals surface area contributed by atoms with Gasteiger partial charge in [-0.2, -0.15) is 18.3 Å². The molecule has 0 saturated carbocycles. The molecule has 0 fully saturated rings. The van der Waals surface area contributed by atoms with Gasteiger partial charge in [-0.1, -0.05) is 0 Å². The van der Waals surface area contributed by atoms with Crippen LogP contribution in [0.25, 0.3) is 5.69 Å². The molecule has 1 aliphatic rings. The van der Waals surface area contributed by atoms with E-state index in [1.54, 1.807) is 35.6 Å². The van der Waals surface area contributed by atoms with Crippen molar-refractivity contribution in [2.24, 2.45) is 9.98 Å². The predicted molar refractivity (Wildman–Crippen MR) is 102 cm³/mol. The Morgan fingerprint density at radius 3 is 2.57 bits per heavy atom. The number of anilines is 1. The summed E-state index contributed by atoms with van der Waals surface area (Å²) in [5.41, 5.74) is 1.22. The molecule has 0 unspecified atom stereocenters. The fraction of sp³-hybridized carbons (Fsp3) is 0.222. The first-order valence-electron chi connectivity index (χ1n) is 8.44. The average Bonchev–Trinajstić information content (AvgIpc) is 3.32. The number of aromatic nitrogens is 3. The van der Waals surface area contributed by atoms with Crippen LogP contribution in [-0.4, -0.2) is 33.0 Å². The lowest BCUT2D eigenvalue weighted by Crippen LogP contribution is -2.19. The van der Waals surface area contributed by atoms with Crippen molar-refractivity contribution in [1.29, 1.82) is 0 Å². The standard InChI is InChI=1S/C18H15F3N6S/c1-11-10-23-16(28-11)14-6-8-22-17(25-14)24-12-2-4-13(5-3-12)27-9-7-15(26-27)18(19,20)21/h2-5,7,9-10H,6,8H2,1H3,(H,22,24). The van der Waals surface area contributed by atoms with Crippen molar-refractivity contribution in [2.75, 3.05) is 11.9 Å². The minimum absolute atomic E-state index is 0.486. The summed E-state index contributed by atoms with van der Waals surface area (Å²) in [5, 5.41) is 7.58. The molecule has 0 bridgehead atoms. The van der Waals surface area contributed by atoms with E-state index >= 15 is 0 Å². The zero-order valence-electron chi connectivity index (χ0n) is 14.7. The molecule has 2 aromatic heterocycles. The highest BCUT2D eigenvalue weighted by Gasteiger charge is 2.33. The highest BCUT2D eigenvalue weighted by Crippen LogP contribution is 2.28. The largest absolute Gasteiger partial charge is 0.435 e. The zero-order chi connectivity index (χ0) is 19.7. The van der Waals surface area contributed by atoms with Gasteiger partial charge in [-0.3, -0.25) is 4.99 Å². The number of aliphatic imine (C=N–C) groups is 2. The Balaban J connectivity index is 1.48. The topological polar surface area (TPSA) is 67.5 Å². The lowest BCUT2D eigenvalue weighted by Gasteiger charge is -2.12. The van der Waals surface area contributed by atoms with Crippen molar-refractivity contribution >= 4 is 28.7 Å². The molecular weight excluding hydrogens is 389 g/mol. The van der Waals surface area contributed by atoms with E-state index in [0.717, 1.165) is 33.8 Å². The summed E-state index contributed by atoms with van der Waals surface area (Å²) in [4.78, 5) is 14.4. The highest BCUT2D eigenvalue weighted by atomic mass is 32.1. The maximum absolute atomic E-state index is 12.7. The summed E-state index contributed by atoms with van der Waals surface area (Å²) in [6, 6.07) is 7.77. The number of alkyl halides is 3. The number of guanidine groups is 1. The molecule has 144 valence electrons. The van der Waals surface area contributed by atoms with Crippen molar-refractivity contribution in [2.45, 2.75) is 19.5 Å². The van der Waals surface area contributed by atoms with Crippen LogP contribution in [0.4, 0.5) is 18.9 Å². The molecule has 28 heavy (non-hydrogen) atoms. The second kappa shape index (κ2) is 7.19. The molecule has 6 nitrogen and oxygen atoms in total. The van der Waals surface area contributed by atoms with Gasteiger partial charge in [0.25, 0.3) is 0 Å². The molecule has 0 amide bonds. The molecule has 1 aromatic carbocycles. The van der Waals surface area contributed by atoms with Crippen molar-refractivity contribution in [3.05, 3.63) is 58.3 Å². The number of aryl methyl sites for hydroxylation is 1. The van der Waals surface area contributed by atoms with E-state index in [2.05, 4.69) is 25.4 Å². The quantitative estimate of drug-likeness (QED) is 0.707. The molecule has 0 atom stereocenters. The maximum Gasteiger partial charge on any atom is 0.435 e. The highest BCUT2D eigenvalue weighted by molar-refractivity contribution is 7.13. The van der Waals surface area contributed by atoms with E-state index in [1.807, 2.05) is 13.1 Å². The van der Waals surface area contributed by atoms with Crippen LogP contribution in [0.1, 0.15) is 22.0 Å². The lowest BCUT2D eigenvalue weighted by molar-refractivity contribution is -0.141. The smallest absolute Gasteiger partial charge is 0.324 e. The van der Waals surface area contributed by atoms with Crippen molar-refractivity contribution < 1.29 is 13.2 Å². The minimum Gasteiger partial charge on any atom is -0.324 e. The maximum atomic E-state index is 12.7. The number of nitrogens with one attached hydrogen (secondary N) is 1. The molecule has 0 aliphatic carbocycles. The molecule has 0 spiro atoms. The molecule has 0 radical (unpaired) electrons. The average molecular weight is 404 g/mol. The molecule has 4 rings (SSSR count). The van der Waals surface area contributed by atoms with Gasteiger partial charge in [-0.25, -0.2) is 14.7 Å². The monoisotopic (exact) mass is 404 g/mol. The molecule has 1 aliphatic heterocycles. The number of rotatable bonds is 3. The summed E-state index contributed by atoms with van der Waals surface area (Å²) in [6.07, 6.45) is -0.627. The summed E-state index contributed by atoms with van der Waals surface area (Å²) in [5.74, 6) is 0.486. The molecule has 1 N–H and O–H groups in total. The van der Waals surface area contributed by atoms with Gasteiger partial charge in [0.2, 0.25) is 5.96 Å². The Labute approximate surface area is 162 Å². The van der Waals surface area contributed by atoms with Crippen LogP contribution in [0.3, 0.4) is 0 Å². The van der Waals surface area contributed by atoms with Gasteiger partial charge in [0, 0.05) is 35.9 Å². The van der Waals surface area contributed by atoms with Gasteiger partial charge in [0.1, 0.15) is 5.01 Å². The summed E-state index contributed by atoms with van der Waals surface area (Å²) in [6.45, 7) is 2.61. The van der Waals surface area contributed by atoms with Gasteiger partial charge in [-0.15, -0.1) is 11.3 Å². The summed E-state index contributed by atoms with van der Waals surface area (Å²) < 4.78 is 39.2. The number of halogens is 3. The fourth-order valence-corrected chi connectivity index (χ4v) is 3.42. The van der Waals surface area contributed by atoms with Crippen LogP contribution in [0.15, 0.2) is 52.7 Å². The van der Waals surface area contributed by atoms with Gasteiger partial charge in [0.05, 0.1) is 11.4 Å². The van der Waals surface area contributed by atoms with Crippen LogP contribution in [0.2, 0.25) is 0 Å². The Bertz CT molecular complexity index is 1050. The van der Waals surface area contributed by atoms with E-state index in [1.165, 1.54) is 10.9 Å². The third kappa shape index (κ3) is 3.96. The van der Waals surface area contributed by atoms with E-state index in [4.69, 9.17) is 0 Å². The first kappa shape index (κ1) is 18.4. The Hall–Kier alpha value is -3.01. The van der Waals surface area contributed by atoms with Crippen LogP contribution >= 0.6 is 11.3 Å². The third-order valence-electron chi connectivity index (χ3n) is 3.99. The fourth-order valence-electron chi connectivity index (χ4n) is 2.64. The summed E-state index contributed by atoms with van der Waals surface area (Å²) >= 11 is 1.59. The first-order valence-corrected chi connectivity index (χ1v) is 9.25. The molecule has 10 heteroatoms. The van der Waals surface area contributed by atoms with Gasteiger partial charge in [-0.05, 0) is 37.3 Å². The number of hydrogen-bond donors (Lipinski definition) is 1. The van der Waals surface area contributed by atoms with E-state index in [0.29, 0.717) is 18.2 Å². The Morgan fingerprint density at radius 2 is 1.93 bits per heavy atom. The number of benzene rings is 1. The van der Waals surface area contributed by atoms with Gasteiger partial charge < -0.3 is 5.32 Å². The summed E-state index contributed by atoms with van der Waals surface area (Å²) in [7, 11) is 0. The SMILES string of the molecule is Cc1cnc(C2=NC(Nc3ccc(-n4ccc(C(F)(F)F)n4)cc3)=NCC2)s1. The van der Waals surface area contributed by atoms with Crippen LogP contribution in [0, 0.1) is 6.92 Å². The van der Waals surface area contributed by atoms with Gasteiger partial charge >= 0.3 is 6.18 Å². The second-order valence-electron chi connectivity index (χ2n) is 6.11. The molecule has 3 heterocycles. The van der Waals surface area contributed by atoms with E-state index in [9.17, 15) is 13.2 Å². The minimum atomic E-state index is -4.46. The molecule has 3 aromatic rings. The molecule has 0 saturated heterocycles. The number of hydrogen-bond acceptors (Lipinski definition) is 6. The van der Waals surface area contributed by atoms with E-state index in [-0.39, 0.29) is 0 Å². The van der Waals surface area contributed by atoms with Crippen molar-refractivity contribution in [3.63, 3.8) is 0 Å². The van der Waals surface area contributed by atoms with Crippen LogP contribution < -0.4 is 5.32 Å². The van der Waals surface area contributed by atoms with Crippen LogP contribution in [0.5, 0.6) is 0 Å². The third-order valence-corrected chi connectivity index (χ3v) is 4.95. The predicted octanol–water partition coefficient (Wildman–Crippen LogP) is 4.32. The zero-order valence-corrected chi connectivity index (χ0v) is 15.6. The van der Waals surface area contributed by atoms with Gasteiger partial charge in [0.15, 0.2) is 5.69 Å². The molecular formula is C18H15F3N6S. The van der Waals surface area contributed by atoms with Crippen LogP contribution in [-0.2, 0) is 6.18 Å². The Morgan fingerprint density at radius 1 is 1.14 bits per heavy atom. The second-order valence-corrected chi connectivity index (χ2v) is 7.34.